The van der Waals surface area contributed by atoms with Gasteiger partial charge in [-0.1, -0.05) is 54.6 Å². The Kier molecular flexibility index (Phi) is 5.80. The third kappa shape index (κ3) is 4.42. The van der Waals surface area contributed by atoms with Crippen molar-refractivity contribution in [3.8, 4) is 11.1 Å². The van der Waals surface area contributed by atoms with Gasteiger partial charge in [-0.05, 0) is 125 Å². The molecule has 0 heterocycles. The Bertz CT molecular complexity index is 1550. The lowest BCUT2D eigenvalue weighted by Crippen LogP contribution is -2.49. The fraction of sp³-hybridized carbons (Fsp3) is 0.314. The molecule has 0 amide bonds. The van der Waals surface area contributed by atoms with Crippen LogP contribution in [0, 0.1) is 17.8 Å². The van der Waals surface area contributed by atoms with Crippen LogP contribution in [-0.2, 0) is 16.8 Å². The van der Waals surface area contributed by atoms with E-state index < -0.39 is 5.97 Å². The minimum absolute atomic E-state index is 0.0408. The number of carbonyl (C=O) groups excluding carboxylic acids is 1. The zero-order valence-electron chi connectivity index (χ0n) is 21.9. The average Bonchev–Trinajstić information content (AvgIpc) is 2.95. The fourth-order valence-electron chi connectivity index (χ4n) is 8.14. The highest BCUT2D eigenvalue weighted by atomic mass is 16.5. The van der Waals surface area contributed by atoms with Crippen molar-refractivity contribution in [1.82, 2.24) is 0 Å². The van der Waals surface area contributed by atoms with Gasteiger partial charge in [-0.2, -0.15) is 0 Å². The molecule has 4 aromatic carbocycles. The van der Waals surface area contributed by atoms with Gasteiger partial charge in [0, 0.05) is 0 Å². The number of hydrogen-bond donors (Lipinski definition) is 1. The summed E-state index contributed by atoms with van der Waals surface area (Å²) in [6, 6.07) is 27.5. The second-order valence-corrected chi connectivity index (χ2v) is 12.1. The molecule has 4 aliphatic carbocycles. The highest BCUT2D eigenvalue weighted by Crippen LogP contribution is 2.61. The van der Waals surface area contributed by atoms with Gasteiger partial charge in [-0.3, -0.25) is 0 Å². The summed E-state index contributed by atoms with van der Waals surface area (Å²) in [5, 5.41) is 11.3. The normalized spacial score (nSPS) is 25.1. The van der Waals surface area contributed by atoms with Crippen molar-refractivity contribution in [2.24, 2.45) is 17.8 Å². The van der Waals surface area contributed by atoms with Crippen LogP contribution < -0.4 is 0 Å². The molecule has 0 radical (unpaired) electrons. The smallest absolute Gasteiger partial charge is 0.338 e. The van der Waals surface area contributed by atoms with Crippen LogP contribution in [0.15, 0.2) is 84.9 Å². The van der Waals surface area contributed by atoms with E-state index >= 15 is 0 Å². The average molecular weight is 517 g/mol. The van der Waals surface area contributed by atoms with Gasteiger partial charge in [-0.15, -0.1) is 0 Å². The number of ether oxygens (including phenoxy) is 1. The van der Waals surface area contributed by atoms with Gasteiger partial charge >= 0.3 is 11.9 Å². The quantitative estimate of drug-likeness (QED) is 0.264. The minimum Gasteiger partial charge on any atom is -0.478 e. The van der Waals surface area contributed by atoms with Crippen LogP contribution >= 0.6 is 0 Å². The molecule has 4 nitrogen and oxygen atoms in total. The van der Waals surface area contributed by atoms with Crippen molar-refractivity contribution in [2.75, 3.05) is 0 Å². The van der Waals surface area contributed by atoms with Gasteiger partial charge in [0.05, 0.1) is 11.1 Å². The van der Waals surface area contributed by atoms with E-state index in [9.17, 15) is 14.7 Å². The first-order valence-electron chi connectivity index (χ1n) is 14.1. The van der Waals surface area contributed by atoms with Gasteiger partial charge in [0.2, 0.25) is 0 Å². The molecule has 4 aliphatic rings. The van der Waals surface area contributed by atoms with Crippen molar-refractivity contribution in [1.29, 1.82) is 0 Å². The van der Waals surface area contributed by atoms with E-state index in [2.05, 4.69) is 18.2 Å². The number of carboxylic acids is 1. The van der Waals surface area contributed by atoms with E-state index in [4.69, 9.17) is 4.74 Å². The number of fused-ring (bicyclic) bond motifs is 1. The summed E-state index contributed by atoms with van der Waals surface area (Å²) in [5.41, 5.74) is 5.35. The third-order valence-electron chi connectivity index (χ3n) is 9.48. The molecule has 4 bridgehead atoms. The standard InChI is InChI=1S/C35H32O4/c36-33(37)30-9-8-26-15-27(6-7-28(26)16-30)29-10-11-31(34(38)39-21-22-4-2-1-3-5-22)32(17-29)35-18-23-12-24(19-35)14-25(13-23)20-35/h1-11,15-17,23-25H,12-14,18-21H2,(H,36,37). The Morgan fingerprint density at radius 3 is 2.05 bits per heavy atom. The van der Waals surface area contributed by atoms with Crippen molar-refractivity contribution >= 4 is 22.7 Å². The highest BCUT2D eigenvalue weighted by Gasteiger charge is 2.52. The van der Waals surface area contributed by atoms with Crippen LogP contribution in [-0.4, -0.2) is 17.0 Å². The summed E-state index contributed by atoms with van der Waals surface area (Å²) in [6.45, 7) is 0.269. The van der Waals surface area contributed by atoms with E-state index in [0.717, 1.165) is 64.5 Å². The second kappa shape index (κ2) is 9.37. The Hall–Kier alpha value is -3.92. The lowest BCUT2D eigenvalue weighted by Gasteiger charge is -2.57. The summed E-state index contributed by atoms with van der Waals surface area (Å²) in [7, 11) is 0. The molecule has 0 aromatic heterocycles. The Morgan fingerprint density at radius 1 is 0.744 bits per heavy atom. The Labute approximate surface area is 228 Å². The van der Waals surface area contributed by atoms with Gasteiger partial charge in [-0.25, -0.2) is 9.59 Å². The first-order chi connectivity index (χ1) is 19.0. The summed E-state index contributed by atoms with van der Waals surface area (Å²) < 4.78 is 5.86. The zero-order valence-corrected chi connectivity index (χ0v) is 21.9. The Balaban J connectivity index is 1.28. The molecule has 39 heavy (non-hydrogen) atoms. The number of aromatic carboxylic acids is 1. The topological polar surface area (TPSA) is 63.6 Å². The third-order valence-corrected chi connectivity index (χ3v) is 9.48. The molecule has 4 fully saturated rings. The van der Waals surface area contributed by atoms with E-state index in [0.29, 0.717) is 5.56 Å². The van der Waals surface area contributed by atoms with Crippen LogP contribution in [0.1, 0.15) is 70.4 Å². The number of rotatable bonds is 6. The molecule has 4 aromatic rings. The van der Waals surface area contributed by atoms with Crippen LogP contribution in [0.5, 0.6) is 0 Å². The predicted octanol–water partition coefficient (Wildman–Crippen LogP) is 8.03. The van der Waals surface area contributed by atoms with Crippen LogP contribution in [0.4, 0.5) is 0 Å². The van der Waals surface area contributed by atoms with Crippen molar-refractivity contribution in [3.05, 3.63) is 107 Å². The van der Waals surface area contributed by atoms with E-state index in [1.807, 2.05) is 54.6 Å². The lowest BCUT2D eigenvalue weighted by molar-refractivity contribution is -0.00612. The summed E-state index contributed by atoms with van der Waals surface area (Å²) in [4.78, 5) is 25.0. The van der Waals surface area contributed by atoms with Crippen LogP contribution in [0.2, 0.25) is 0 Å². The largest absolute Gasteiger partial charge is 0.478 e. The lowest BCUT2D eigenvalue weighted by atomic mass is 9.47. The van der Waals surface area contributed by atoms with Crippen LogP contribution in [0.25, 0.3) is 21.9 Å². The fourth-order valence-corrected chi connectivity index (χ4v) is 8.14. The first-order valence-corrected chi connectivity index (χ1v) is 14.1. The molecule has 4 heteroatoms. The molecule has 8 rings (SSSR count). The maximum atomic E-state index is 13.6. The molecule has 0 spiro atoms. The van der Waals surface area contributed by atoms with Crippen LogP contribution in [0.3, 0.4) is 0 Å². The van der Waals surface area contributed by atoms with Gasteiger partial charge in [0.15, 0.2) is 0 Å². The van der Waals surface area contributed by atoms with Crippen molar-refractivity contribution in [2.45, 2.75) is 50.5 Å². The van der Waals surface area contributed by atoms with Crippen molar-refractivity contribution in [3.63, 3.8) is 0 Å². The van der Waals surface area contributed by atoms with E-state index in [1.165, 1.54) is 24.8 Å². The molecule has 196 valence electrons. The molecule has 1 N–H and O–H groups in total. The van der Waals surface area contributed by atoms with E-state index in [-0.39, 0.29) is 23.6 Å². The molecule has 0 atom stereocenters. The molecule has 0 aliphatic heterocycles. The molecular formula is C35H32O4. The molecule has 0 saturated heterocycles. The predicted molar refractivity (Wildman–Crippen MR) is 152 cm³/mol. The van der Waals surface area contributed by atoms with Gasteiger partial charge < -0.3 is 9.84 Å². The van der Waals surface area contributed by atoms with Gasteiger partial charge in [0.25, 0.3) is 0 Å². The maximum absolute atomic E-state index is 13.6. The zero-order chi connectivity index (χ0) is 26.6. The van der Waals surface area contributed by atoms with E-state index in [1.54, 1.807) is 12.1 Å². The first kappa shape index (κ1) is 24.1. The molecular weight excluding hydrogens is 484 g/mol. The SMILES string of the molecule is O=C(O)c1ccc2cc(-c3ccc(C(=O)OCc4ccccc4)c(C45CC6CC(CC(C6)C4)C5)c3)ccc2c1. The number of esters is 1. The Morgan fingerprint density at radius 2 is 1.36 bits per heavy atom. The summed E-state index contributed by atoms with van der Waals surface area (Å²) in [5.74, 6) is 1.12. The van der Waals surface area contributed by atoms with Gasteiger partial charge in [0.1, 0.15) is 6.61 Å². The number of hydrogen-bond acceptors (Lipinski definition) is 3. The molecule has 0 unspecified atom stereocenters. The maximum Gasteiger partial charge on any atom is 0.338 e. The van der Waals surface area contributed by atoms with Crippen molar-refractivity contribution < 1.29 is 19.4 Å². The number of carboxylic acid groups (broad SMARTS) is 1. The molecule has 4 saturated carbocycles. The monoisotopic (exact) mass is 516 g/mol. The number of benzene rings is 4. The minimum atomic E-state index is -0.920. The highest BCUT2D eigenvalue weighted by molar-refractivity contribution is 5.96. The summed E-state index contributed by atoms with van der Waals surface area (Å²) in [6.07, 6.45) is 7.52. The second-order valence-electron chi connectivity index (χ2n) is 12.1. The summed E-state index contributed by atoms with van der Waals surface area (Å²) >= 11 is 0. The number of carbonyl (C=O) groups is 2.